The van der Waals surface area contributed by atoms with Crippen LogP contribution in [-0.2, 0) is 10.0 Å². The molecule has 0 rings (SSSR count). The normalized spacial score (nSPS) is 16.2. The van der Waals surface area contributed by atoms with Crippen molar-refractivity contribution >= 4 is 21.8 Å². The minimum atomic E-state index is -3.32. The van der Waals surface area contributed by atoms with Gasteiger partial charge in [0.15, 0.2) is 0 Å². The second-order valence-corrected chi connectivity index (χ2v) is 6.04. The van der Waals surface area contributed by atoms with E-state index in [1.807, 2.05) is 6.26 Å². The molecule has 0 aliphatic carbocycles. The highest BCUT2D eigenvalue weighted by molar-refractivity contribution is 7.98. The first kappa shape index (κ1) is 14.0. The van der Waals surface area contributed by atoms with E-state index in [2.05, 4.69) is 11.3 Å². The van der Waals surface area contributed by atoms with Crippen LogP contribution in [0.3, 0.4) is 0 Å². The maximum atomic E-state index is 11.2. The molecule has 0 aromatic rings. The van der Waals surface area contributed by atoms with Gasteiger partial charge in [-0.25, -0.2) is 13.1 Å². The van der Waals surface area contributed by atoms with Crippen molar-refractivity contribution in [2.45, 2.75) is 12.5 Å². The van der Waals surface area contributed by atoms with Gasteiger partial charge in [0.05, 0.1) is 11.4 Å². The largest absolute Gasteiger partial charge is 0.388 e. The first-order chi connectivity index (χ1) is 6.33. The van der Waals surface area contributed by atoms with Gasteiger partial charge in [0.1, 0.15) is 0 Å². The fourth-order valence-electron chi connectivity index (χ4n) is 0.841. The smallest absolute Gasteiger partial charge is 0.215 e. The van der Waals surface area contributed by atoms with Crippen molar-refractivity contribution < 1.29 is 13.5 Å². The average molecular weight is 239 g/mol. The summed E-state index contributed by atoms with van der Waals surface area (Å²) in [6.07, 6.45) is 3.17. The van der Waals surface area contributed by atoms with Crippen LogP contribution in [0.25, 0.3) is 0 Å². The monoisotopic (exact) mass is 239 g/mol. The van der Waals surface area contributed by atoms with Crippen molar-refractivity contribution in [3.63, 3.8) is 0 Å². The molecule has 0 saturated carbocycles. The van der Waals surface area contributed by atoms with E-state index in [4.69, 9.17) is 0 Å². The van der Waals surface area contributed by atoms with Crippen LogP contribution in [0.4, 0.5) is 0 Å². The minimum Gasteiger partial charge on any atom is -0.388 e. The third kappa shape index (κ3) is 6.42. The lowest BCUT2D eigenvalue weighted by Gasteiger charge is -2.22. The number of hydrogen-bond acceptors (Lipinski definition) is 4. The predicted molar refractivity (Wildman–Crippen MR) is 61.0 cm³/mol. The van der Waals surface area contributed by atoms with Gasteiger partial charge in [0.25, 0.3) is 0 Å². The number of hydrogen-bond donors (Lipinski definition) is 2. The van der Waals surface area contributed by atoms with Crippen LogP contribution in [0.15, 0.2) is 12.7 Å². The summed E-state index contributed by atoms with van der Waals surface area (Å²) in [7, 11) is -3.32. The molecule has 84 valence electrons. The highest BCUT2D eigenvalue weighted by Crippen LogP contribution is 2.09. The molecule has 0 aliphatic rings. The maximum absolute atomic E-state index is 11.2. The van der Waals surface area contributed by atoms with Gasteiger partial charge in [-0.2, -0.15) is 11.8 Å². The van der Waals surface area contributed by atoms with Gasteiger partial charge in [-0.15, -0.1) is 6.58 Å². The molecule has 0 bridgehead atoms. The van der Waals surface area contributed by atoms with Crippen molar-refractivity contribution in [1.29, 1.82) is 0 Å². The quantitative estimate of drug-likeness (QED) is 0.623. The van der Waals surface area contributed by atoms with Crippen molar-refractivity contribution in [3.05, 3.63) is 12.7 Å². The number of thioether (sulfide) groups is 1. The summed E-state index contributed by atoms with van der Waals surface area (Å²) in [6.45, 7) is 4.97. The SMILES string of the molecule is C=CCS(=O)(=O)NCC(C)(O)CSC. The summed E-state index contributed by atoms with van der Waals surface area (Å²) < 4.78 is 24.7. The molecule has 0 aliphatic heterocycles. The molecule has 0 amide bonds. The Morgan fingerprint density at radius 3 is 2.64 bits per heavy atom. The molecular weight excluding hydrogens is 222 g/mol. The van der Waals surface area contributed by atoms with Crippen molar-refractivity contribution in [1.82, 2.24) is 4.72 Å². The highest BCUT2D eigenvalue weighted by atomic mass is 32.2. The molecule has 0 aromatic heterocycles. The molecule has 14 heavy (non-hydrogen) atoms. The van der Waals surface area contributed by atoms with E-state index < -0.39 is 15.6 Å². The van der Waals surface area contributed by atoms with Crippen molar-refractivity contribution in [3.8, 4) is 0 Å². The van der Waals surface area contributed by atoms with Crippen LogP contribution in [0.2, 0.25) is 0 Å². The molecule has 2 N–H and O–H groups in total. The third-order valence-electron chi connectivity index (χ3n) is 1.47. The average Bonchev–Trinajstić information content (AvgIpc) is 2.01. The number of sulfonamides is 1. The second kappa shape index (κ2) is 5.75. The third-order valence-corrected chi connectivity index (χ3v) is 3.63. The zero-order valence-corrected chi connectivity index (χ0v) is 10.1. The van der Waals surface area contributed by atoms with E-state index in [1.165, 1.54) is 17.8 Å². The predicted octanol–water partition coefficient (Wildman–Crippen LogP) is 0.206. The lowest BCUT2D eigenvalue weighted by Crippen LogP contribution is -2.42. The first-order valence-corrected chi connectivity index (χ1v) is 7.17. The van der Waals surface area contributed by atoms with Crippen LogP contribution in [-0.4, -0.2) is 43.4 Å². The topological polar surface area (TPSA) is 66.4 Å². The maximum Gasteiger partial charge on any atom is 0.215 e. The van der Waals surface area contributed by atoms with Gasteiger partial charge in [-0.05, 0) is 13.2 Å². The summed E-state index contributed by atoms with van der Waals surface area (Å²) in [5, 5.41) is 9.67. The van der Waals surface area contributed by atoms with Crippen molar-refractivity contribution in [2.75, 3.05) is 24.3 Å². The summed E-state index contributed by atoms with van der Waals surface area (Å²) in [6, 6.07) is 0. The van der Waals surface area contributed by atoms with Crippen LogP contribution in [0.1, 0.15) is 6.92 Å². The van der Waals surface area contributed by atoms with Gasteiger partial charge >= 0.3 is 0 Å². The highest BCUT2D eigenvalue weighted by Gasteiger charge is 2.21. The Hall–Kier alpha value is -0.0400. The van der Waals surface area contributed by atoms with E-state index in [-0.39, 0.29) is 12.3 Å². The Morgan fingerprint density at radius 2 is 2.21 bits per heavy atom. The molecule has 4 nitrogen and oxygen atoms in total. The van der Waals surface area contributed by atoms with Crippen LogP contribution in [0, 0.1) is 0 Å². The van der Waals surface area contributed by atoms with E-state index in [0.29, 0.717) is 5.75 Å². The zero-order chi connectivity index (χ0) is 11.2. The molecular formula is C8H17NO3S2. The summed E-state index contributed by atoms with van der Waals surface area (Å²) in [5.41, 5.74) is -1.01. The van der Waals surface area contributed by atoms with E-state index in [0.717, 1.165) is 0 Å². The lowest BCUT2D eigenvalue weighted by molar-refractivity contribution is 0.0909. The molecule has 6 heteroatoms. The van der Waals surface area contributed by atoms with Gasteiger partial charge in [-0.1, -0.05) is 6.08 Å². The number of rotatable bonds is 7. The Labute approximate surface area is 89.8 Å². The fourth-order valence-corrected chi connectivity index (χ4v) is 2.52. The molecule has 0 radical (unpaired) electrons. The number of aliphatic hydroxyl groups is 1. The van der Waals surface area contributed by atoms with Crippen LogP contribution in [0.5, 0.6) is 0 Å². The van der Waals surface area contributed by atoms with Crippen LogP contribution >= 0.6 is 11.8 Å². The Kier molecular flexibility index (Phi) is 5.73. The lowest BCUT2D eigenvalue weighted by atomic mass is 10.1. The van der Waals surface area contributed by atoms with Gasteiger partial charge in [-0.3, -0.25) is 0 Å². The summed E-state index contributed by atoms with van der Waals surface area (Å²) >= 11 is 1.47. The molecule has 0 heterocycles. The van der Waals surface area contributed by atoms with E-state index in [1.54, 1.807) is 6.92 Å². The van der Waals surface area contributed by atoms with Gasteiger partial charge in [0, 0.05) is 12.3 Å². The van der Waals surface area contributed by atoms with E-state index >= 15 is 0 Å². The Bertz CT molecular complexity index is 272. The zero-order valence-electron chi connectivity index (χ0n) is 8.49. The van der Waals surface area contributed by atoms with E-state index in [9.17, 15) is 13.5 Å². The molecule has 0 saturated heterocycles. The first-order valence-electron chi connectivity index (χ1n) is 4.12. The fraction of sp³-hybridized carbons (Fsp3) is 0.750. The minimum absolute atomic E-state index is 0.0318. The standard InChI is InChI=1S/C8H17NO3S2/c1-4-5-14(11,12)9-6-8(2,10)7-13-3/h4,9-10H,1,5-7H2,2-3H3. The molecule has 0 spiro atoms. The Balaban J connectivity index is 4.10. The van der Waals surface area contributed by atoms with Crippen molar-refractivity contribution in [2.24, 2.45) is 0 Å². The Morgan fingerprint density at radius 1 is 1.64 bits per heavy atom. The molecule has 0 fully saturated rings. The molecule has 0 aromatic carbocycles. The van der Waals surface area contributed by atoms with Crippen LogP contribution < -0.4 is 4.72 Å². The molecule has 1 unspecified atom stereocenters. The summed E-state index contributed by atoms with van der Waals surface area (Å²) in [5.74, 6) is 0.367. The summed E-state index contributed by atoms with van der Waals surface area (Å²) in [4.78, 5) is 0. The second-order valence-electron chi connectivity index (χ2n) is 3.32. The number of nitrogens with one attached hydrogen (secondary N) is 1. The van der Waals surface area contributed by atoms with Gasteiger partial charge < -0.3 is 5.11 Å². The molecule has 1 atom stereocenters. The van der Waals surface area contributed by atoms with Gasteiger partial charge in [0.2, 0.25) is 10.0 Å².